The van der Waals surface area contributed by atoms with Gasteiger partial charge in [-0.25, -0.2) is 0 Å². The van der Waals surface area contributed by atoms with Crippen LogP contribution >= 0.6 is 11.6 Å². The molecule has 0 saturated heterocycles. The molecule has 0 aliphatic heterocycles. The molecule has 15 heavy (non-hydrogen) atoms. The number of aryl methyl sites for hydroxylation is 2. The smallest absolute Gasteiger partial charge is 0.139 e. The molecule has 0 atom stereocenters. The van der Waals surface area contributed by atoms with Gasteiger partial charge in [0.1, 0.15) is 5.78 Å². The first kappa shape index (κ1) is 12.2. The Bertz CT molecular complexity index is 369. The molecule has 0 unspecified atom stereocenters. The Morgan fingerprint density at radius 2 is 2.13 bits per heavy atom. The molecular weight excluding hydrogens is 212 g/mol. The van der Waals surface area contributed by atoms with Crippen molar-refractivity contribution in [2.75, 3.05) is 0 Å². The van der Waals surface area contributed by atoms with Crippen LogP contribution in [0.1, 0.15) is 31.7 Å². The van der Waals surface area contributed by atoms with Crippen LogP contribution < -0.4 is 0 Å². The molecule has 0 fully saturated rings. The minimum Gasteiger partial charge on any atom is -0.299 e. The van der Waals surface area contributed by atoms with E-state index in [1.807, 2.05) is 27.8 Å². The van der Waals surface area contributed by atoms with Crippen molar-refractivity contribution in [2.45, 2.75) is 33.6 Å². The fraction of sp³-hybridized carbons (Fsp3) is 0.636. The Kier molecular flexibility index (Phi) is 3.91. The lowest BCUT2D eigenvalue weighted by Gasteiger charge is -2.04. The number of carbonyl (C=O) groups is 1. The quantitative estimate of drug-likeness (QED) is 0.794. The number of nitrogens with zero attached hydrogens (tertiary/aromatic N) is 2. The summed E-state index contributed by atoms with van der Waals surface area (Å²) in [5.41, 5.74) is 1.60. The number of hydrogen-bond donors (Lipinski definition) is 0. The summed E-state index contributed by atoms with van der Waals surface area (Å²) in [6, 6.07) is 0. The summed E-state index contributed by atoms with van der Waals surface area (Å²) in [4.78, 5) is 11.6. The van der Waals surface area contributed by atoms with Crippen molar-refractivity contribution < 1.29 is 4.79 Å². The number of hydrogen-bond acceptors (Lipinski definition) is 2. The van der Waals surface area contributed by atoms with E-state index < -0.39 is 0 Å². The molecule has 0 aliphatic carbocycles. The zero-order valence-electron chi connectivity index (χ0n) is 9.67. The SMILES string of the molecule is Cc1nn(C)c(CC(=O)CC(C)C)c1Cl. The molecule has 4 heteroatoms. The normalized spacial score (nSPS) is 11.1. The molecule has 0 N–H and O–H groups in total. The minimum atomic E-state index is 0.218. The average molecular weight is 229 g/mol. The summed E-state index contributed by atoms with van der Waals surface area (Å²) in [5, 5.41) is 4.80. The molecule has 1 aromatic heterocycles. The molecule has 0 bridgehead atoms. The van der Waals surface area contributed by atoms with Crippen molar-refractivity contribution in [3.8, 4) is 0 Å². The van der Waals surface area contributed by atoms with Gasteiger partial charge < -0.3 is 0 Å². The van der Waals surface area contributed by atoms with E-state index in [0.29, 0.717) is 23.8 Å². The van der Waals surface area contributed by atoms with Crippen molar-refractivity contribution in [3.05, 3.63) is 16.4 Å². The molecule has 1 rings (SSSR count). The third-order valence-electron chi connectivity index (χ3n) is 2.26. The van der Waals surface area contributed by atoms with Gasteiger partial charge in [-0.3, -0.25) is 9.48 Å². The summed E-state index contributed by atoms with van der Waals surface area (Å²) >= 11 is 6.06. The number of halogens is 1. The lowest BCUT2D eigenvalue weighted by atomic mass is 10.0. The van der Waals surface area contributed by atoms with Crippen LogP contribution in [0.3, 0.4) is 0 Å². The maximum atomic E-state index is 11.6. The predicted molar refractivity (Wildman–Crippen MR) is 61.1 cm³/mol. The standard InChI is InChI=1S/C11H17ClN2O/c1-7(2)5-9(15)6-10-11(12)8(3)13-14(10)4/h7H,5-6H2,1-4H3. The van der Waals surface area contributed by atoms with Crippen LogP contribution in [0.25, 0.3) is 0 Å². The van der Waals surface area contributed by atoms with Crippen LogP contribution in [-0.2, 0) is 18.3 Å². The van der Waals surface area contributed by atoms with Crippen molar-refractivity contribution in [2.24, 2.45) is 13.0 Å². The molecule has 0 aromatic carbocycles. The Labute approximate surface area is 95.4 Å². The molecule has 0 saturated carbocycles. The van der Waals surface area contributed by atoms with Gasteiger partial charge in [-0.1, -0.05) is 25.4 Å². The molecular formula is C11H17ClN2O. The molecule has 0 amide bonds. The topological polar surface area (TPSA) is 34.9 Å². The molecule has 0 aliphatic rings. The van der Waals surface area contributed by atoms with Crippen LogP contribution in [0, 0.1) is 12.8 Å². The predicted octanol–water partition coefficient (Wildman–Crippen LogP) is 2.54. The summed E-state index contributed by atoms with van der Waals surface area (Å²) in [6.07, 6.45) is 0.981. The van der Waals surface area contributed by atoms with E-state index in [4.69, 9.17) is 11.6 Å². The maximum absolute atomic E-state index is 11.6. The monoisotopic (exact) mass is 228 g/mol. The largest absolute Gasteiger partial charge is 0.299 e. The van der Waals surface area contributed by atoms with Gasteiger partial charge in [-0.2, -0.15) is 5.10 Å². The average Bonchev–Trinajstić information content (AvgIpc) is 2.31. The van der Waals surface area contributed by atoms with E-state index in [2.05, 4.69) is 5.10 Å². The van der Waals surface area contributed by atoms with E-state index in [9.17, 15) is 4.79 Å². The Morgan fingerprint density at radius 3 is 2.53 bits per heavy atom. The van der Waals surface area contributed by atoms with Crippen molar-refractivity contribution in [3.63, 3.8) is 0 Å². The van der Waals surface area contributed by atoms with Gasteiger partial charge in [0.25, 0.3) is 0 Å². The second-order valence-electron chi connectivity index (χ2n) is 4.28. The maximum Gasteiger partial charge on any atom is 0.139 e. The molecule has 1 heterocycles. The molecule has 0 spiro atoms. The molecule has 0 radical (unpaired) electrons. The zero-order valence-corrected chi connectivity index (χ0v) is 10.4. The van der Waals surface area contributed by atoms with Gasteiger partial charge in [0.2, 0.25) is 0 Å². The highest BCUT2D eigenvalue weighted by atomic mass is 35.5. The summed E-state index contributed by atoms with van der Waals surface area (Å²) in [6.45, 7) is 5.92. The Morgan fingerprint density at radius 1 is 1.53 bits per heavy atom. The van der Waals surface area contributed by atoms with E-state index in [1.165, 1.54) is 0 Å². The third kappa shape index (κ3) is 3.06. The lowest BCUT2D eigenvalue weighted by molar-refractivity contribution is -0.119. The van der Waals surface area contributed by atoms with Crippen molar-refractivity contribution in [1.29, 1.82) is 0 Å². The van der Waals surface area contributed by atoms with Crippen LogP contribution in [0.2, 0.25) is 5.02 Å². The van der Waals surface area contributed by atoms with Gasteiger partial charge in [-0.05, 0) is 12.8 Å². The number of rotatable bonds is 4. The fourth-order valence-electron chi connectivity index (χ4n) is 1.59. The highest BCUT2D eigenvalue weighted by Gasteiger charge is 2.15. The number of carbonyl (C=O) groups excluding carboxylic acids is 1. The van der Waals surface area contributed by atoms with E-state index >= 15 is 0 Å². The summed E-state index contributed by atoms with van der Waals surface area (Å²) in [7, 11) is 1.82. The number of aromatic nitrogens is 2. The van der Waals surface area contributed by atoms with Gasteiger partial charge in [0, 0.05) is 19.9 Å². The Balaban J connectivity index is 2.76. The van der Waals surface area contributed by atoms with E-state index in [-0.39, 0.29) is 5.78 Å². The van der Waals surface area contributed by atoms with Crippen LogP contribution in [0.5, 0.6) is 0 Å². The van der Waals surface area contributed by atoms with Gasteiger partial charge >= 0.3 is 0 Å². The molecule has 84 valence electrons. The lowest BCUT2D eigenvalue weighted by Crippen LogP contribution is -2.10. The summed E-state index contributed by atoms with van der Waals surface area (Å²) in [5.74, 6) is 0.612. The van der Waals surface area contributed by atoms with Crippen LogP contribution in [-0.4, -0.2) is 15.6 Å². The zero-order chi connectivity index (χ0) is 11.6. The minimum absolute atomic E-state index is 0.218. The van der Waals surface area contributed by atoms with Crippen LogP contribution in [0.4, 0.5) is 0 Å². The number of ketones is 1. The van der Waals surface area contributed by atoms with Gasteiger partial charge in [-0.15, -0.1) is 0 Å². The summed E-state index contributed by atoms with van der Waals surface area (Å²) < 4.78 is 1.69. The van der Waals surface area contributed by atoms with Crippen molar-refractivity contribution in [1.82, 2.24) is 9.78 Å². The highest BCUT2D eigenvalue weighted by Crippen LogP contribution is 2.20. The van der Waals surface area contributed by atoms with Gasteiger partial charge in [0.05, 0.1) is 16.4 Å². The first-order chi connectivity index (χ1) is 6.91. The second-order valence-corrected chi connectivity index (χ2v) is 4.66. The van der Waals surface area contributed by atoms with Gasteiger partial charge in [0.15, 0.2) is 0 Å². The molecule has 1 aromatic rings. The fourth-order valence-corrected chi connectivity index (χ4v) is 1.81. The first-order valence-corrected chi connectivity index (χ1v) is 5.49. The number of Topliss-reactive ketones (excluding diaryl/α,β-unsaturated/α-hetero) is 1. The highest BCUT2D eigenvalue weighted by molar-refractivity contribution is 6.32. The second kappa shape index (κ2) is 4.79. The van der Waals surface area contributed by atoms with E-state index in [1.54, 1.807) is 4.68 Å². The third-order valence-corrected chi connectivity index (χ3v) is 2.75. The van der Waals surface area contributed by atoms with E-state index in [0.717, 1.165) is 11.4 Å². The Hall–Kier alpha value is -0.830. The molecule has 3 nitrogen and oxygen atoms in total. The van der Waals surface area contributed by atoms with Crippen molar-refractivity contribution >= 4 is 17.4 Å². The first-order valence-electron chi connectivity index (χ1n) is 5.11. The van der Waals surface area contributed by atoms with Crippen LogP contribution in [0.15, 0.2) is 0 Å².